The topological polar surface area (TPSA) is 100 Å². The lowest BCUT2D eigenvalue weighted by atomic mass is 10.1. The Morgan fingerprint density at radius 1 is 1.00 bits per heavy atom. The lowest BCUT2D eigenvalue weighted by Gasteiger charge is -2.25. The molecule has 3 aromatic rings. The number of rotatable bonds is 9. The van der Waals surface area contributed by atoms with Crippen LogP contribution in [-0.2, 0) is 16.1 Å². The molecule has 38 heavy (non-hydrogen) atoms. The molecule has 3 aromatic carbocycles. The van der Waals surface area contributed by atoms with Crippen LogP contribution in [0, 0.1) is 0 Å². The van der Waals surface area contributed by atoms with E-state index in [1.165, 1.54) is 16.7 Å². The SMILES string of the molecule is COc1ccccc1CNC(=O)CC[C@H]1N=C2c3ccccc3N=C(SCC(=O)c3ccccc3)N2C1=O. The molecule has 0 saturated heterocycles. The summed E-state index contributed by atoms with van der Waals surface area (Å²) in [6, 6.07) is 23.3. The van der Waals surface area contributed by atoms with Crippen molar-refractivity contribution < 1.29 is 19.1 Å². The molecular formula is C29H26N4O4S. The van der Waals surface area contributed by atoms with Crippen LogP contribution in [-0.4, -0.2) is 52.4 Å². The van der Waals surface area contributed by atoms with Gasteiger partial charge in [-0.1, -0.05) is 72.4 Å². The molecule has 8 nitrogen and oxygen atoms in total. The summed E-state index contributed by atoms with van der Waals surface area (Å²) in [5.74, 6) is 0.880. The van der Waals surface area contributed by atoms with E-state index in [0.717, 1.165) is 11.1 Å². The fourth-order valence-corrected chi connectivity index (χ4v) is 5.22. The standard InChI is InChI=1S/C29H26N4O4S/c1-37-25-14-8-5-11-20(25)17-30-26(35)16-15-23-28(36)33-27(31-23)21-12-6-7-13-22(21)32-29(33)38-18-24(34)19-9-3-2-4-10-19/h2-14,23H,15-18H2,1H3,(H,30,35)/t23-/m1/s1. The Labute approximate surface area is 224 Å². The first-order valence-corrected chi connectivity index (χ1v) is 13.2. The van der Waals surface area contributed by atoms with Gasteiger partial charge in [-0.25, -0.2) is 9.89 Å². The van der Waals surface area contributed by atoms with E-state index in [1.54, 1.807) is 19.2 Å². The number of hydrogen-bond acceptors (Lipinski definition) is 7. The van der Waals surface area contributed by atoms with Crippen molar-refractivity contribution in [3.05, 3.63) is 95.6 Å². The molecule has 5 rings (SSSR count). The molecule has 2 aliphatic rings. The van der Waals surface area contributed by atoms with E-state index in [-0.39, 0.29) is 36.2 Å². The van der Waals surface area contributed by atoms with Crippen LogP contribution in [0.2, 0.25) is 0 Å². The minimum Gasteiger partial charge on any atom is -0.496 e. The molecule has 2 aliphatic heterocycles. The number of ketones is 1. The zero-order chi connectivity index (χ0) is 26.5. The van der Waals surface area contributed by atoms with Gasteiger partial charge in [0, 0.05) is 29.7 Å². The first-order chi connectivity index (χ1) is 18.5. The van der Waals surface area contributed by atoms with Crippen LogP contribution in [0.15, 0.2) is 88.8 Å². The van der Waals surface area contributed by atoms with E-state index in [9.17, 15) is 14.4 Å². The van der Waals surface area contributed by atoms with Crippen molar-refractivity contribution in [3.8, 4) is 5.75 Å². The predicted octanol–water partition coefficient (Wildman–Crippen LogP) is 4.37. The number of ether oxygens (including phenoxy) is 1. The first-order valence-electron chi connectivity index (χ1n) is 12.2. The molecule has 0 aliphatic carbocycles. The molecule has 0 bridgehead atoms. The monoisotopic (exact) mass is 526 g/mol. The fourth-order valence-electron chi connectivity index (χ4n) is 4.32. The number of thioether (sulfide) groups is 1. The normalized spacial score (nSPS) is 15.8. The Hall–Kier alpha value is -4.24. The highest BCUT2D eigenvalue weighted by atomic mass is 32.2. The number of nitrogens with one attached hydrogen (secondary N) is 1. The number of benzene rings is 3. The molecule has 192 valence electrons. The third-order valence-electron chi connectivity index (χ3n) is 6.29. The number of Topliss-reactive ketones (excluding diaryl/α,β-unsaturated/α-hetero) is 1. The highest BCUT2D eigenvalue weighted by Crippen LogP contribution is 2.34. The average Bonchev–Trinajstić information content (AvgIpc) is 3.30. The molecular weight excluding hydrogens is 500 g/mol. The number of fused-ring (bicyclic) bond motifs is 3. The van der Waals surface area contributed by atoms with Gasteiger partial charge in [0.05, 0.1) is 18.6 Å². The average molecular weight is 527 g/mol. The number of carbonyl (C=O) groups is 3. The number of hydrogen-bond donors (Lipinski definition) is 1. The van der Waals surface area contributed by atoms with Crippen LogP contribution >= 0.6 is 11.8 Å². The van der Waals surface area contributed by atoms with Crippen molar-refractivity contribution in [2.45, 2.75) is 25.4 Å². The Bertz CT molecular complexity index is 1440. The molecule has 0 aromatic heterocycles. The van der Waals surface area contributed by atoms with E-state index in [2.05, 4.69) is 10.3 Å². The van der Waals surface area contributed by atoms with Gasteiger partial charge in [-0.2, -0.15) is 0 Å². The van der Waals surface area contributed by atoms with Gasteiger partial charge >= 0.3 is 0 Å². The van der Waals surface area contributed by atoms with Gasteiger partial charge in [0.1, 0.15) is 17.6 Å². The molecule has 0 fully saturated rings. The van der Waals surface area contributed by atoms with Crippen molar-refractivity contribution in [3.63, 3.8) is 0 Å². The van der Waals surface area contributed by atoms with Crippen LogP contribution in [0.5, 0.6) is 5.75 Å². The highest BCUT2D eigenvalue weighted by molar-refractivity contribution is 8.14. The van der Waals surface area contributed by atoms with E-state index in [4.69, 9.17) is 9.73 Å². The smallest absolute Gasteiger partial charge is 0.259 e. The maximum absolute atomic E-state index is 13.4. The van der Waals surface area contributed by atoms with Crippen LogP contribution in [0.1, 0.15) is 34.3 Å². The number of methoxy groups -OCH3 is 1. The number of carbonyl (C=O) groups excluding carboxylic acids is 3. The number of amides is 2. The Morgan fingerprint density at radius 3 is 2.55 bits per heavy atom. The minimum absolute atomic E-state index is 0.0504. The molecule has 0 unspecified atom stereocenters. The summed E-state index contributed by atoms with van der Waals surface area (Å²) in [6.45, 7) is 0.332. The summed E-state index contributed by atoms with van der Waals surface area (Å²) < 4.78 is 5.33. The van der Waals surface area contributed by atoms with Crippen molar-refractivity contribution in [2.24, 2.45) is 9.98 Å². The molecule has 0 saturated carbocycles. The second-order valence-corrected chi connectivity index (χ2v) is 9.70. The van der Waals surface area contributed by atoms with Gasteiger partial charge in [0.2, 0.25) is 5.91 Å². The Kier molecular flexibility index (Phi) is 7.65. The molecule has 1 N–H and O–H groups in total. The summed E-state index contributed by atoms with van der Waals surface area (Å²) >= 11 is 1.21. The summed E-state index contributed by atoms with van der Waals surface area (Å²) in [7, 11) is 1.59. The van der Waals surface area contributed by atoms with E-state index >= 15 is 0 Å². The van der Waals surface area contributed by atoms with Gasteiger partial charge in [-0.05, 0) is 24.6 Å². The van der Waals surface area contributed by atoms with Gasteiger partial charge < -0.3 is 10.1 Å². The minimum atomic E-state index is -0.705. The lowest BCUT2D eigenvalue weighted by molar-refractivity contribution is -0.125. The maximum Gasteiger partial charge on any atom is 0.259 e. The molecule has 2 amide bonds. The maximum atomic E-state index is 13.4. The predicted molar refractivity (Wildman–Crippen MR) is 148 cm³/mol. The van der Waals surface area contributed by atoms with Crippen LogP contribution in [0.25, 0.3) is 0 Å². The van der Waals surface area contributed by atoms with Gasteiger partial charge in [-0.3, -0.25) is 19.4 Å². The number of amidine groups is 2. The largest absolute Gasteiger partial charge is 0.496 e. The van der Waals surface area contributed by atoms with Gasteiger partial charge in [0.15, 0.2) is 11.0 Å². The molecule has 9 heteroatoms. The van der Waals surface area contributed by atoms with Gasteiger partial charge in [-0.15, -0.1) is 0 Å². The molecule has 2 heterocycles. The second kappa shape index (κ2) is 11.4. The first kappa shape index (κ1) is 25.4. The van der Waals surface area contributed by atoms with Crippen molar-refractivity contribution in [1.82, 2.24) is 10.2 Å². The number of nitrogens with zero attached hydrogens (tertiary/aromatic N) is 3. The van der Waals surface area contributed by atoms with Crippen LogP contribution < -0.4 is 10.1 Å². The molecule has 0 radical (unpaired) electrons. The lowest BCUT2D eigenvalue weighted by Crippen LogP contribution is -2.41. The summed E-state index contributed by atoms with van der Waals surface area (Å²) in [6.07, 6.45) is 0.406. The van der Waals surface area contributed by atoms with Crippen molar-refractivity contribution >= 4 is 46.1 Å². The zero-order valence-electron chi connectivity index (χ0n) is 20.8. The summed E-state index contributed by atoms with van der Waals surface area (Å²) in [5, 5.41) is 3.31. The third-order valence-corrected chi connectivity index (χ3v) is 7.23. The molecule has 1 atom stereocenters. The third kappa shape index (κ3) is 5.38. The quantitative estimate of drug-likeness (QED) is 0.418. The van der Waals surface area contributed by atoms with E-state index in [1.807, 2.05) is 66.7 Å². The van der Waals surface area contributed by atoms with Gasteiger partial charge in [0.25, 0.3) is 5.91 Å². The number of para-hydroxylation sites is 2. The molecule has 0 spiro atoms. The van der Waals surface area contributed by atoms with Crippen molar-refractivity contribution in [2.75, 3.05) is 12.9 Å². The second-order valence-electron chi connectivity index (χ2n) is 8.76. The summed E-state index contributed by atoms with van der Waals surface area (Å²) in [5.41, 5.74) is 2.93. The Balaban J connectivity index is 1.26. The fraction of sp³-hybridized carbons (Fsp3) is 0.207. The Morgan fingerprint density at radius 2 is 1.74 bits per heavy atom. The highest BCUT2D eigenvalue weighted by Gasteiger charge is 2.41. The van der Waals surface area contributed by atoms with Crippen LogP contribution in [0.3, 0.4) is 0 Å². The van der Waals surface area contributed by atoms with Crippen molar-refractivity contribution in [1.29, 1.82) is 0 Å². The number of aliphatic imine (C=N–C) groups is 2. The zero-order valence-corrected chi connectivity index (χ0v) is 21.6. The van der Waals surface area contributed by atoms with E-state index < -0.39 is 6.04 Å². The van der Waals surface area contributed by atoms with E-state index in [0.29, 0.717) is 34.5 Å². The summed E-state index contributed by atoms with van der Waals surface area (Å²) in [4.78, 5) is 49.6. The van der Waals surface area contributed by atoms with Crippen LogP contribution in [0.4, 0.5) is 5.69 Å².